The van der Waals surface area contributed by atoms with E-state index in [0.717, 1.165) is 48.5 Å². The molecule has 0 atom stereocenters. The predicted octanol–water partition coefficient (Wildman–Crippen LogP) is 7.02. The Bertz CT molecular complexity index is 1060. The van der Waals surface area contributed by atoms with Crippen molar-refractivity contribution in [2.75, 3.05) is 0 Å². The lowest BCUT2D eigenvalue weighted by molar-refractivity contribution is -0.449. The Kier molecular flexibility index (Phi) is 7.76. The number of halogens is 15. The molecule has 0 fully saturated rings. The van der Waals surface area contributed by atoms with Gasteiger partial charge in [-0.2, -0.15) is 65.9 Å². The molecule has 0 bridgehead atoms. The van der Waals surface area contributed by atoms with Gasteiger partial charge in [0.05, 0.1) is 0 Å². The van der Waals surface area contributed by atoms with Gasteiger partial charge in [-0.1, -0.05) is 60.7 Å². The molecule has 0 heterocycles. The molecule has 2 aromatic carbocycles. The van der Waals surface area contributed by atoms with Crippen molar-refractivity contribution in [2.45, 2.75) is 41.7 Å². The maximum Gasteiger partial charge on any atom is 0.460 e. The second-order valence-corrected chi connectivity index (χ2v) is 9.37. The van der Waals surface area contributed by atoms with Crippen molar-refractivity contribution in [1.29, 1.82) is 0 Å². The van der Waals surface area contributed by atoms with E-state index in [4.69, 9.17) is 0 Å². The van der Waals surface area contributed by atoms with Gasteiger partial charge in [0.15, 0.2) is 0 Å². The first kappa shape index (κ1) is 30.7. The number of benzene rings is 2. The van der Waals surface area contributed by atoms with Crippen LogP contribution in [0.1, 0.15) is 0 Å². The summed E-state index contributed by atoms with van der Waals surface area (Å²) in [5.74, 6) is -48.1. The number of hydrogen-bond acceptors (Lipinski definition) is 1. The van der Waals surface area contributed by atoms with Crippen LogP contribution in [0.25, 0.3) is 0 Å². The summed E-state index contributed by atoms with van der Waals surface area (Å²) < 4.78 is 203. The fraction of sp³-hybridized carbons (Fsp3) is 0.350. The Labute approximate surface area is 198 Å². The summed E-state index contributed by atoms with van der Waals surface area (Å²) in [6.45, 7) is 0. The molecule has 0 saturated heterocycles. The highest BCUT2D eigenvalue weighted by Gasteiger charge is 2.94. The first-order chi connectivity index (χ1) is 16.5. The molecule has 37 heavy (non-hydrogen) atoms. The minimum Gasteiger partial charge on any atom is -0.287 e. The van der Waals surface area contributed by atoms with E-state index >= 15 is 0 Å². The summed E-state index contributed by atoms with van der Waals surface area (Å²) in [5.41, 5.74) is -3.20. The van der Waals surface area contributed by atoms with Gasteiger partial charge in [-0.3, -0.25) is 4.79 Å². The number of alkyl halides is 15. The first-order valence-electron chi connectivity index (χ1n) is 9.28. The van der Waals surface area contributed by atoms with Crippen LogP contribution < -0.4 is 10.6 Å². The standard InChI is InChI=1S/C20H10F15OP/c21-14(22,13(36)37(11-7-3-1-4-8-11)12-9-5-2-6-10-12)15(23,24)16(25,26)17(27,28)18(29,30)19(31,32)20(33,34)35/h1-10H. The van der Waals surface area contributed by atoms with E-state index in [-0.39, 0.29) is 0 Å². The van der Waals surface area contributed by atoms with Gasteiger partial charge in [-0.25, -0.2) is 0 Å². The average molecular weight is 582 g/mol. The van der Waals surface area contributed by atoms with Crippen LogP contribution in [0, 0.1) is 0 Å². The summed E-state index contributed by atoms with van der Waals surface area (Å²) in [7, 11) is -3.48. The van der Waals surface area contributed by atoms with Crippen LogP contribution in [0.3, 0.4) is 0 Å². The van der Waals surface area contributed by atoms with E-state index in [2.05, 4.69) is 0 Å². The monoisotopic (exact) mass is 582 g/mol. The third kappa shape index (κ3) is 4.54. The topological polar surface area (TPSA) is 17.1 Å². The van der Waals surface area contributed by atoms with Crippen molar-refractivity contribution in [3.05, 3.63) is 60.7 Å². The average Bonchev–Trinajstić information content (AvgIpc) is 2.79. The number of carbonyl (C=O) groups excluding carboxylic acids is 1. The molecule has 0 aromatic heterocycles. The highest BCUT2D eigenvalue weighted by Crippen LogP contribution is 2.63. The van der Waals surface area contributed by atoms with Crippen LogP contribution in [0.15, 0.2) is 60.7 Å². The van der Waals surface area contributed by atoms with Crippen LogP contribution in [-0.4, -0.2) is 47.2 Å². The molecule has 0 saturated carbocycles. The minimum absolute atomic E-state index is 0.534. The molecule has 2 rings (SSSR count). The van der Waals surface area contributed by atoms with E-state index in [0.29, 0.717) is 0 Å². The Morgan fingerprint density at radius 2 is 0.757 bits per heavy atom. The van der Waals surface area contributed by atoms with E-state index < -0.39 is 65.8 Å². The summed E-state index contributed by atoms with van der Waals surface area (Å²) in [4.78, 5) is 12.5. The van der Waals surface area contributed by atoms with E-state index in [1.54, 1.807) is 0 Å². The zero-order chi connectivity index (χ0) is 28.9. The van der Waals surface area contributed by atoms with Gasteiger partial charge in [-0.05, 0) is 10.6 Å². The smallest absolute Gasteiger partial charge is 0.287 e. The first-order valence-corrected chi connectivity index (χ1v) is 10.6. The lowest BCUT2D eigenvalue weighted by atomic mass is 9.91. The Morgan fingerprint density at radius 1 is 0.459 bits per heavy atom. The number of hydrogen-bond donors (Lipinski definition) is 0. The van der Waals surface area contributed by atoms with Gasteiger partial charge in [0.1, 0.15) is 0 Å². The van der Waals surface area contributed by atoms with Gasteiger partial charge >= 0.3 is 41.7 Å². The molecule has 0 unspecified atom stereocenters. The maximum absolute atomic E-state index is 14.6. The Balaban J connectivity index is 2.68. The van der Waals surface area contributed by atoms with Gasteiger partial charge in [0.2, 0.25) is 5.52 Å². The molecule has 0 radical (unpaired) electrons. The molecule has 0 aliphatic heterocycles. The highest BCUT2D eigenvalue weighted by molar-refractivity contribution is 7.88. The molecular weight excluding hydrogens is 572 g/mol. The van der Waals surface area contributed by atoms with E-state index in [1.165, 1.54) is 12.1 Å². The van der Waals surface area contributed by atoms with Gasteiger partial charge in [0.25, 0.3) is 0 Å². The normalized spacial score (nSPS) is 14.7. The second kappa shape index (κ2) is 9.35. The summed E-state index contributed by atoms with van der Waals surface area (Å²) in [6, 6.07) is 10.2. The number of carbonyl (C=O) groups is 1. The van der Waals surface area contributed by atoms with Crippen molar-refractivity contribution < 1.29 is 70.7 Å². The molecule has 0 amide bonds. The highest BCUT2D eigenvalue weighted by atomic mass is 31.1. The van der Waals surface area contributed by atoms with Gasteiger partial charge < -0.3 is 0 Å². The van der Waals surface area contributed by atoms with Crippen LogP contribution in [-0.2, 0) is 4.79 Å². The third-order valence-corrected chi connectivity index (χ3v) is 7.14. The fourth-order valence-electron chi connectivity index (χ4n) is 2.78. The SMILES string of the molecule is O=C(P(c1ccccc1)c1ccccc1)C(F)(F)C(F)(F)C(F)(F)C(F)(F)C(F)(F)C(F)(F)C(F)(F)F. The Morgan fingerprint density at radius 3 is 1.08 bits per heavy atom. The second-order valence-electron chi connectivity index (χ2n) is 7.26. The van der Waals surface area contributed by atoms with Crippen LogP contribution in [0.2, 0.25) is 0 Å². The van der Waals surface area contributed by atoms with Gasteiger partial charge in [-0.15, -0.1) is 0 Å². The van der Waals surface area contributed by atoms with Crippen molar-refractivity contribution in [2.24, 2.45) is 0 Å². The van der Waals surface area contributed by atoms with Crippen LogP contribution in [0.4, 0.5) is 65.9 Å². The molecule has 0 aliphatic rings. The summed E-state index contributed by atoms with van der Waals surface area (Å²) in [6.07, 6.45) is -7.70. The zero-order valence-electron chi connectivity index (χ0n) is 17.3. The molecule has 17 heteroatoms. The van der Waals surface area contributed by atoms with E-state index in [1.807, 2.05) is 0 Å². The molecule has 0 aliphatic carbocycles. The third-order valence-electron chi connectivity index (χ3n) is 4.83. The molecule has 0 spiro atoms. The molecule has 206 valence electrons. The lowest BCUT2D eigenvalue weighted by Gasteiger charge is -2.41. The quantitative estimate of drug-likeness (QED) is 0.230. The minimum atomic E-state index is -8.45. The largest absolute Gasteiger partial charge is 0.460 e. The van der Waals surface area contributed by atoms with E-state index in [9.17, 15) is 70.7 Å². The summed E-state index contributed by atoms with van der Waals surface area (Å²) >= 11 is 0. The van der Waals surface area contributed by atoms with Crippen molar-refractivity contribution >= 4 is 24.1 Å². The molecular formula is C20H10F15OP. The summed E-state index contributed by atoms with van der Waals surface area (Å²) in [5, 5.41) is -1.07. The van der Waals surface area contributed by atoms with Gasteiger partial charge in [0, 0.05) is 7.92 Å². The number of rotatable bonds is 9. The molecule has 2 aromatic rings. The molecule has 0 N–H and O–H groups in total. The Hall–Kier alpha value is -2.51. The van der Waals surface area contributed by atoms with Crippen LogP contribution >= 0.6 is 7.92 Å². The van der Waals surface area contributed by atoms with Crippen molar-refractivity contribution in [3.63, 3.8) is 0 Å². The lowest BCUT2D eigenvalue weighted by Crippen LogP contribution is -2.73. The van der Waals surface area contributed by atoms with Crippen LogP contribution in [0.5, 0.6) is 0 Å². The predicted molar refractivity (Wildman–Crippen MR) is 99.8 cm³/mol. The zero-order valence-corrected chi connectivity index (χ0v) is 18.2. The molecule has 1 nitrogen and oxygen atoms in total. The van der Waals surface area contributed by atoms with Crippen molar-refractivity contribution in [3.8, 4) is 0 Å². The maximum atomic E-state index is 14.6. The van der Waals surface area contributed by atoms with Crippen molar-refractivity contribution in [1.82, 2.24) is 0 Å². The fourth-order valence-corrected chi connectivity index (χ4v) is 4.91.